The average molecular weight is 402 g/mol. The molecule has 0 N–H and O–H groups in total. The first-order chi connectivity index (χ1) is 13.5. The van der Waals surface area contributed by atoms with Crippen molar-refractivity contribution in [3.63, 3.8) is 0 Å². The molecule has 1 saturated carbocycles. The molecule has 0 bridgehead atoms. The highest BCUT2D eigenvalue weighted by Gasteiger charge is 2.42. The summed E-state index contributed by atoms with van der Waals surface area (Å²) in [5, 5.41) is -0.279. The van der Waals surface area contributed by atoms with Crippen LogP contribution in [0.15, 0.2) is 58.3 Å². The van der Waals surface area contributed by atoms with E-state index in [-0.39, 0.29) is 16.8 Å². The molecule has 1 unspecified atom stereocenters. The molecule has 0 heterocycles. The maximum Gasteiger partial charge on any atom is 0.360 e. The predicted octanol–water partition coefficient (Wildman–Crippen LogP) is 5.00. The number of carbonyl (C=O) groups is 1. The second kappa shape index (κ2) is 8.91. The minimum Gasteiger partial charge on any atom is -0.497 e. The SMILES string of the molecule is COc1ccc([S+](c2ccc(OC)cc2)C(C)C(=O)OC2(C)CCCC2)cc1. The minimum atomic E-state index is -0.451. The molecular formula is C23H29O4S+. The Morgan fingerprint density at radius 2 is 1.32 bits per heavy atom. The standard InChI is InChI=1S/C23H29O4S/c1-17(22(24)27-23(2)15-5-6-16-23)28(20-11-7-18(25-3)8-12-20)21-13-9-19(26-4)10-14-21/h7-14,17H,5-6,15-16H2,1-4H3/q+1. The Kier molecular flexibility index (Phi) is 6.55. The van der Waals surface area contributed by atoms with Crippen molar-refractivity contribution in [3.05, 3.63) is 48.5 Å². The van der Waals surface area contributed by atoms with Gasteiger partial charge in [-0.05, 0) is 88.1 Å². The third-order valence-corrected chi connectivity index (χ3v) is 7.78. The maximum absolute atomic E-state index is 13.1. The summed E-state index contributed by atoms with van der Waals surface area (Å²) in [4.78, 5) is 15.3. The fraction of sp³-hybridized carbons (Fsp3) is 0.435. The van der Waals surface area contributed by atoms with Gasteiger partial charge >= 0.3 is 5.97 Å². The number of hydrogen-bond donors (Lipinski definition) is 0. The highest BCUT2D eigenvalue weighted by atomic mass is 32.2. The van der Waals surface area contributed by atoms with E-state index < -0.39 is 10.9 Å². The van der Waals surface area contributed by atoms with E-state index in [4.69, 9.17) is 14.2 Å². The van der Waals surface area contributed by atoms with Crippen molar-refractivity contribution < 1.29 is 19.0 Å². The predicted molar refractivity (Wildman–Crippen MR) is 112 cm³/mol. The first-order valence-electron chi connectivity index (χ1n) is 9.70. The van der Waals surface area contributed by atoms with Crippen LogP contribution in [0.4, 0.5) is 0 Å². The summed E-state index contributed by atoms with van der Waals surface area (Å²) in [5.41, 5.74) is -0.319. The number of methoxy groups -OCH3 is 2. The van der Waals surface area contributed by atoms with E-state index in [0.717, 1.165) is 47.0 Å². The lowest BCUT2D eigenvalue weighted by Gasteiger charge is -2.25. The Morgan fingerprint density at radius 3 is 1.71 bits per heavy atom. The van der Waals surface area contributed by atoms with Crippen molar-refractivity contribution in [2.75, 3.05) is 14.2 Å². The molecule has 0 aliphatic heterocycles. The lowest BCUT2D eigenvalue weighted by molar-refractivity contribution is -0.156. The number of carbonyl (C=O) groups excluding carboxylic acids is 1. The molecule has 0 aromatic heterocycles. The third-order valence-electron chi connectivity index (χ3n) is 5.32. The van der Waals surface area contributed by atoms with Gasteiger partial charge < -0.3 is 14.2 Å². The van der Waals surface area contributed by atoms with Crippen LogP contribution in [0.5, 0.6) is 11.5 Å². The van der Waals surface area contributed by atoms with Gasteiger partial charge in [0.15, 0.2) is 9.79 Å². The fourth-order valence-electron chi connectivity index (χ4n) is 3.64. The number of benzene rings is 2. The van der Waals surface area contributed by atoms with Crippen molar-refractivity contribution in [2.45, 2.75) is 60.2 Å². The molecule has 0 spiro atoms. The third kappa shape index (κ3) is 4.64. The maximum atomic E-state index is 13.1. The second-order valence-electron chi connectivity index (χ2n) is 7.41. The summed E-state index contributed by atoms with van der Waals surface area (Å²) < 4.78 is 16.6. The summed E-state index contributed by atoms with van der Waals surface area (Å²) in [5.74, 6) is 1.48. The van der Waals surface area contributed by atoms with Gasteiger partial charge in [-0.2, -0.15) is 0 Å². The second-order valence-corrected chi connectivity index (χ2v) is 9.73. The summed E-state index contributed by atoms with van der Waals surface area (Å²) >= 11 is 0. The molecular weight excluding hydrogens is 372 g/mol. The van der Waals surface area contributed by atoms with Gasteiger partial charge in [-0.3, -0.25) is 0 Å². The number of esters is 1. The molecule has 0 saturated heterocycles. The molecule has 5 heteroatoms. The molecule has 1 aliphatic carbocycles. The van der Waals surface area contributed by atoms with E-state index >= 15 is 0 Å². The molecule has 1 atom stereocenters. The van der Waals surface area contributed by atoms with Gasteiger partial charge in [0, 0.05) is 0 Å². The summed E-state index contributed by atoms with van der Waals surface area (Å²) in [6.45, 7) is 4.03. The zero-order valence-electron chi connectivity index (χ0n) is 17.1. The number of hydrogen-bond acceptors (Lipinski definition) is 4. The van der Waals surface area contributed by atoms with Crippen LogP contribution in [0.1, 0.15) is 39.5 Å². The highest BCUT2D eigenvalue weighted by molar-refractivity contribution is 7.98. The molecule has 1 fully saturated rings. The van der Waals surface area contributed by atoms with Crippen LogP contribution >= 0.6 is 0 Å². The van der Waals surface area contributed by atoms with Crippen LogP contribution in [0, 0.1) is 0 Å². The highest BCUT2D eigenvalue weighted by Crippen LogP contribution is 2.35. The summed E-state index contributed by atoms with van der Waals surface area (Å²) in [7, 11) is 2.86. The van der Waals surface area contributed by atoms with Gasteiger partial charge in [-0.1, -0.05) is 0 Å². The van der Waals surface area contributed by atoms with Crippen molar-refractivity contribution in [3.8, 4) is 11.5 Å². The molecule has 2 aromatic carbocycles. The van der Waals surface area contributed by atoms with Gasteiger partial charge in [0.05, 0.1) is 25.1 Å². The zero-order valence-corrected chi connectivity index (χ0v) is 17.9. The van der Waals surface area contributed by atoms with Crippen molar-refractivity contribution >= 4 is 16.9 Å². The molecule has 2 aromatic rings. The Morgan fingerprint density at radius 1 is 0.893 bits per heavy atom. The van der Waals surface area contributed by atoms with Crippen LogP contribution in [0.2, 0.25) is 0 Å². The Labute approximate surface area is 170 Å². The van der Waals surface area contributed by atoms with Crippen LogP contribution < -0.4 is 9.47 Å². The fourth-order valence-corrected chi connectivity index (χ4v) is 5.82. The normalized spacial score (nSPS) is 16.6. The van der Waals surface area contributed by atoms with Gasteiger partial charge in [0.2, 0.25) is 5.25 Å². The smallest absolute Gasteiger partial charge is 0.360 e. The molecule has 0 radical (unpaired) electrons. The molecule has 150 valence electrons. The van der Waals surface area contributed by atoms with E-state index in [2.05, 4.69) is 6.92 Å². The quantitative estimate of drug-likeness (QED) is 0.483. The summed E-state index contributed by atoms with van der Waals surface area (Å²) in [6.07, 6.45) is 4.15. The Hall–Kier alpha value is -2.14. The molecule has 1 aliphatic rings. The zero-order chi connectivity index (χ0) is 20.1. The average Bonchev–Trinajstić information content (AvgIpc) is 3.15. The first-order valence-corrected chi connectivity index (χ1v) is 11.0. The lowest BCUT2D eigenvalue weighted by Crippen LogP contribution is -2.37. The number of rotatable bonds is 7. The van der Waals surface area contributed by atoms with Crippen LogP contribution in [0.3, 0.4) is 0 Å². The van der Waals surface area contributed by atoms with E-state index in [0.29, 0.717) is 0 Å². The van der Waals surface area contributed by atoms with Gasteiger partial charge in [0.25, 0.3) is 0 Å². The van der Waals surface area contributed by atoms with Crippen molar-refractivity contribution in [2.24, 2.45) is 0 Å². The monoisotopic (exact) mass is 401 g/mol. The number of ether oxygens (including phenoxy) is 3. The first kappa shape index (κ1) is 20.6. The Bertz CT molecular complexity index is 732. The lowest BCUT2D eigenvalue weighted by atomic mass is 10.1. The van der Waals surface area contributed by atoms with Crippen LogP contribution in [-0.4, -0.2) is 31.0 Å². The van der Waals surface area contributed by atoms with E-state index in [1.807, 2.05) is 55.5 Å². The van der Waals surface area contributed by atoms with Crippen LogP contribution in [0.25, 0.3) is 0 Å². The van der Waals surface area contributed by atoms with E-state index in [1.54, 1.807) is 14.2 Å². The molecule has 0 amide bonds. The minimum absolute atomic E-state index is 0.126. The van der Waals surface area contributed by atoms with Crippen molar-refractivity contribution in [1.82, 2.24) is 0 Å². The van der Waals surface area contributed by atoms with Gasteiger partial charge in [0.1, 0.15) is 17.1 Å². The molecule has 4 nitrogen and oxygen atoms in total. The van der Waals surface area contributed by atoms with Crippen LogP contribution in [-0.2, 0) is 20.4 Å². The van der Waals surface area contributed by atoms with E-state index in [9.17, 15) is 4.79 Å². The van der Waals surface area contributed by atoms with E-state index in [1.165, 1.54) is 0 Å². The summed E-state index contributed by atoms with van der Waals surface area (Å²) in [6, 6.07) is 15.9. The largest absolute Gasteiger partial charge is 0.497 e. The molecule has 3 rings (SSSR count). The van der Waals surface area contributed by atoms with Gasteiger partial charge in [-0.15, -0.1) is 0 Å². The van der Waals surface area contributed by atoms with Gasteiger partial charge in [-0.25, -0.2) is 4.79 Å². The topological polar surface area (TPSA) is 44.8 Å². The Balaban J connectivity index is 1.90. The molecule has 28 heavy (non-hydrogen) atoms. The van der Waals surface area contributed by atoms with Crippen molar-refractivity contribution in [1.29, 1.82) is 0 Å².